The number of hydrogen-bond acceptors (Lipinski definition) is 4. The van der Waals surface area contributed by atoms with Gasteiger partial charge in [0, 0.05) is 6.42 Å². The third kappa shape index (κ3) is 1.66. The summed E-state index contributed by atoms with van der Waals surface area (Å²) in [5.74, 6) is 0. The number of halogens is 1. The second kappa shape index (κ2) is 3.61. The van der Waals surface area contributed by atoms with Gasteiger partial charge < -0.3 is 13.0 Å². The Morgan fingerprint density at radius 1 is 1.80 bits per heavy atom. The van der Waals surface area contributed by atoms with Crippen molar-refractivity contribution in [3.05, 3.63) is 0 Å². The molecule has 10 heavy (non-hydrogen) atoms. The molecule has 1 rings (SSSR count). The lowest BCUT2D eigenvalue weighted by atomic mass is 10.2. The third-order valence-corrected chi connectivity index (χ3v) is 2.16. The number of rotatable bonds is 2. The lowest BCUT2D eigenvalue weighted by Crippen LogP contribution is -2.33. The maximum atomic E-state index is 10.2. The van der Waals surface area contributed by atoms with Gasteiger partial charge in [-0.2, -0.15) is 0 Å². The molecule has 58 valence electrons. The Morgan fingerprint density at radius 2 is 2.50 bits per heavy atom. The van der Waals surface area contributed by atoms with Crippen LogP contribution >= 0.6 is 23.0 Å². The van der Waals surface area contributed by atoms with Crippen LogP contribution in [0.5, 0.6) is 0 Å². The monoisotopic (exact) mass is 257 g/mol. The molecular formula is C5H8INO3. The Morgan fingerprint density at radius 3 is 2.80 bits per heavy atom. The zero-order chi connectivity index (χ0) is 7.56. The average molecular weight is 257 g/mol. The van der Waals surface area contributed by atoms with Crippen molar-refractivity contribution in [2.45, 2.75) is 24.8 Å². The van der Waals surface area contributed by atoms with Crippen molar-refractivity contribution in [2.24, 2.45) is 0 Å². The quantitative estimate of drug-likeness (QED) is 0.522. The fourth-order valence-corrected chi connectivity index (χ4v) is 1.44. The number of nitrogens with one attached hydrogen (secondary N) is 1. The van der Waals surface area contributed by atoms with E-state index in [0.29, 0.717) is 6.42 Å². The van der Waals surface area contributed by atoms with Crippen molar-refractivity contribution < 1.29 is 13.0 Å². The second-order valence-electron chi connectivity index (χ2n) is 2.22. The molecule has 1 heterocycles. The predicted octanol–water partition coefficient (Wildman–Crippen LogP) is -0.399. The van der Waals surface area contributed by atoms with Gasteiger partial charge in [-0.1, -0.05) is 0 Å². The van der Waals surface area contributed by atoms with Gasteiger partial charge in [0.05, 0.1) is 6.04 Å². The molecule has 0 aromatic heterocycles. The first-order valence-corrected chi connectivity index (χ1v) is 3.83. The summed E-state index contributed by atoms with van der Waals surface area (Å²) in [5, 5.41) is 11.8. The molecule has 3 atom stereocenters. The summed E-state index contributed by atoms with van der Waals surface area (Å²) >= 11 is 1.72. The first-order chi connectivity index (χ1) is 4.77. The molecule has 0 amide bonds. The van der Waals surface area contributed by atoms with Gasteiger partial charge >= 0.3 is 0 Å². The van der Waals surface area contributed by atoms with Crippen LogP contribution in [-0.4, -0.2) is 29.8 Å². The zero-order valence-electron chi connectivity index (χ0n) is 5.16. The van der Waals surface area contributed by atoms with Crippen LogP contribution in [0.2, 0.25) is 0 Å². The summed E-state index contributed by atoms with van der Waals surface area (Å²) in [6, 6.07) is -0.255. The Labute approximate surface area is 72.6 Å². The molecule has 0 bridgehead atoms. The normalized spacial score (nSPS) is 40.0. The predicted molar refractivity (Wildman–Crippen MR) is 42.5 cm³/mol. The number of aldehydes is 1. The van der Waals surface area contributed by atoms with Crippen LogP contribution in [0.3, 0.4) is 0 Å². The van der Waals surface area contributed by atoms with Crippen molar-refractivity contribution in [2.75, 3.05) is 0 Å². The van der Waals surface area contributed by atoms with E-state index in [-0.39, 0.29) is 12.1 Å². The summed E-state index contributed by atoms with van der Waals surface area (Å²) in [6.45, 7) is 0. The largest absolute Gasteiger partial charge is 0.376 e. The fourth-order valence-electron chi connectivity index (χ4n) is 0.954. The SMILES string of the molecule is O=C[C@@H]1C[C@@H](OI)C(O)N1. The van der Waals surface area contributed by atoms with Crippen molar-refractivity contribution in [1.82, 2.24) is 5.32 Å². The molecule has 1 unspecified atom stereocenters. The van der Waals surface area contributed by atoms with Gasteiger partial charge in [0.25, 0.3) is 0 Å². The van der Waals surface area contributed by atoms with E-state index in [0.717, 1.165) is 6.29 Å². The minimum Gasteiger partial charge on any atom is -0.376 e. The molecular weight excluding hydrogens is 249 g/mol. The molecule has 0 saturated carbocycles. The summed E-state index contributed by atoms with van der Waals surface area (Å²) in [4.78, 5) is 10.2. The Balaban J connectivity index is 2.43. The van der Waals surface area contributed by atoms with Crippen molar-refractivity contribution in [3.63, 3.8) is 0 Å². The number of hydrogen-bond donors (Lipinski definition) is 2. The van der Waals surface area contributed by atoms with Crippen molar-refractivity contribution in [1.29, 1.82) is 0 Å². The maximum absolute atomic E-state index is 10.2. The molecule has 1 fully saturated rings. The van der Waals surface area contributed by atoms with E-state index in [4.69, 9.17) is 8.17 Å². The Bertz CT molecular complexity index is 132. The zero-order valence-corrected chi connectivity index (χ0v) is 7.32. The first kappa shape index (κ1) is 8.38. The molecule has 1 aliphatic rings. The van der Waals surface area contributed by atoms with E-state index in [1.54, 1.807) is 23.0 Å². The lowest BCUT2D eigenvalue weighted by Gasteiger charge is -2.08. The third-order valence-electron chi connectivity index (χ3n) is 1.50. The minimum atomic E-state index is -0.702. The standard InChI is InChI=1S/C5H8INO3/c6-10-4-1-3(2-8)7-5(4)9/h2-5,7,9H,1H2/t3-,4+,5?/m0/s1. The van der Waals surface area contributed by atoms with Crippen molar-refractivity contribution >= 4 is 29.3 Å². The molecule has 5 heteroatoms. The van der Waals surface area contributed by atoms with E-state index >= 15 is 0 Å². The van der Waals surface area contributed by atoms with E-state index in [1.165, 1.54) is 0 Å². The van der Waals surface area contributed by atoms with E-state index in [9.17, 15) is 4.79 Å². The molecule has 0 aromatic carbocycles. The van der Waals surface area contributed by atoms with Gasteiger partial charge in [-0.15, -0.1) is 0 Å². The summed E-state index contributed by atoms with van der Waals surface area (Å²) in [5.41, 5.74) is 0. The van der Waals surface area contributed by atoms with Gasteiger partial charge in [-0.25, -0.2) is 0 Å². The average Bonchev–Trinajstić information content (AvgIpc) is 2.30. The fraction of sp³-hybridized carbons (Fsp3) is 0.800. The van der Waals surface area contributed by atoms with Crippen molar-refractivity contribution in [3.8, 4) is 0 Å². The molecule has 0 aliphatic carbocycles. The smallest absolute Gasteiger partial charge is 0.137 e. The number of carbonyl (C=O) groups excluding carboxylic acids is 1. The van der Waals surface area contributed by atoms with E-state index in [2.05, 4.69) is 5.32 Å². The maximum Gasteiger partial charge on any atom is 0.137 e. The second-order valence-corrected chi connectivity index (χ2v) is 2.73. The number of carbonyl (C=O) groups is 1. The van der Waals surface area contributed by atoms with Gasteiger partial charge in [0.1, 0.15) is 41.6 Å². The number of aliphatic hydroxyl groups is 1. The highest BCUT2D eigenvalue weighted by Crippen LogP contribution is 2.15. The van der Waals surface area contributed by atoms with Crippen LogP contribution in [-0.2, 0) is 7.86 Å². The van der Waals surface area contributed by atoms with Crippen LogP contribution in [0, 0.1) is 0 Å². The van der Waals surface area contributed by atoms with E-state index in [1.807, 2.05) is 0 Å². The van der Waals surface area contributed by atoms with Crippen LogP contribution < -0.4 is 5.32 Å². The highest BCUT2D eigenvalue weighted by Gasteiger charge is 2.32. The van der Waals surface area contributed by atoms with E-state index < -0.39 is 6.23 Å². The Hall–Kier alpha value is 0.280. The highest BCUT2D eigenvalue weighted by molar-refractivity contribution is 14.1. The first-order valence-electron chi connectivity index (χ1n) is 2.94. The summed E-state index contributed by atoms with van der Waals surface area (Å²) < 4.78 is 4.85. The molecule has 0 radical (unpaired) electrons. The van der Waals surface area contributed by atoms with Gasteiger partial charge in [-0.3, -0.25) is 5.32 Å². The summed E-state index contributed by atoms with van der Waals surface area (Å²) in [7, 11) is 0. The van der Waals surface area contributed by atoms with Crippen LogP contribution in [0.1, 0.15) is 6.42 Å². The van der Waals surface area contributed by atoms with Gasteiger partial charge in [-0.05, 0) is 0 Å². The highest BCUT2D eigenvalue weighted by atomic mass is 127. The molecule has 4 nitrogen and oxygen atoms in total. The molecule has 1 aliphatic heterocycles. The van der Waals surface area contributed by atoms with Crippen LogP contribution in [0.25, 0.3) is 0 Å². The molecule has 0 spiro atoms. The minimum absolute atomic E-state index is 0.254. The van der Waals surface area contributed by atoms with Crippen LogP contribution in [0.15, 0.2) is 0 Å². The van der Waals surface area contributed by atoms with Gasteiger partial charge in [0.15, 0.2) is 0 Å². The lowest BCUT2D eigenvalue weighted by molar-refractivity contribution is -0.109. The van der Waals surface area contributed by atoms with Crippen LogP contribution in [0.4, 0.5) is 0 Å². The van der Waals surface area contributed by atoms with Gasteiger partial charge in [0.2, 0.25) is 0 Å². The Kier molecular flexibility index (Phi) is 3.02. The topological polar surface area (TPSA) is 58.6 Å². The molecule has 2 N–H and O–H groups in total. The summed E-state index contributed by atoms with van der Waals surface area (Å²) in [6.07, 6.45) is 0.370. The molecule has 0 aromatic rings. The number of aliphatic hydroxyl groups excluding tert-OH is 1. The molecule has 1 saturated heterocycles.